The van der Waals surface area contributed by atoms with Crippen LogP contribution in [0.4, 0.5) is 0 Å². The molecule has 1 aromatic rings. The van der Waals surface area contributed by atoms with Gasteiger partial charge in [-0.05, 0) is 37.1 Å². The molecular formula is C15H18Cl2N2O2. The molecule has 1 aromatic carbocycles. The Kier molecular flexibility index (Phi) is 5.48. The lowest BCUT2D eigenvalue weighted by molar-refractivity contribution is -0.129. The number of carbonyl (C=O) groups excluding carboxylic acids is 2. The molecule has 1 fully saturated rings. The Balaban J connectivity index is 1.86. The minimum absolute atomic E-state index is 0.0856. The maximum absolute atomic E-state index is 12.0. The Bertz CT molecular complexity index is 548. The van der Waals surface area contributed by atoms with Gasteiger partial charge in [-0.3, -0.25) is 9.59 Å². The molecule has 0 unspecified atom stereocenters. The fourth-order valence-corrected chi connectivity index (χ4v) is 2.83. The first-order valence-electron chi connectivity index (χ1n) is 6.97. The van der Waals surface area contributed by atoms with E-state index in [1.807, 2.05) is 6.92 Å². The van der Waals surface area contributed by atoms with E-state index in [1.165, 1.54) is 0 Å². The summed E-state index contributed by atoms with van der Waals surface area (Å²) < 4.78 is 0. The summed E-state index contributed by atoms with van der Waals surface area (Å²) in [6, 6.07) is 4.97. The molecule has 1 aliphatic rings. The van der Waals surface area contributed by atoms with Crippen LogP contribution in [-0.2, 0) is 16.0 Å². The van der Waals surface area contributed by atoms with Crippen LogP contribution >= 0.6 is 23.2 Å². The number of likely N-dealkylation sites (tertiary alicyclic amines) is 1. The first-order chi connectivity index (χ1) is 9.95. The van der Waals surface area contributed by atoms with Crippen molar-refractivity contribution in [2.75, 3.05) is 13.1 Å². The number of rotatable bonds is 5. The molecule has 1 heterocycles. The predicted octanol–water partition coefficient (Wildman–Crippen LogP) is 2.66. The molecule has 1 saturated heterocycles. The highest BCUT2D eigenvalue weighted by Crippen LogP contribution is 2.21. The van der Waals surface area contributed by atoms with E-state index in [0.29, 0.717) is 28.6 Å². The van der Waals surface area contributed by atoms with E-state index in [2.05, 4.69) is 5.32 Å². The van der Waals surface area contributed by atoms with Gasteiger partial charge < -0.3 is 10.2 Å². The number of carbonyl (C=O) groups is 2. The van der Waals surface area contributed by atoms with E-state index >= 15 is 0 Å². The topological polar surface area (TPSA) is 49.4 Å². The highest BCUT2D eigenvalue weighted by atomic mass is 35.5. The molecule has 21 heavy (non-hydrogen) atoms. The lowest BCUT2D eigenvalue weighted by atomic mass is 10.1. The van der Waals surface area contributed by atoms with Crippen LogP contribution in [0.3, 0.4) is 0 Å². The molecule has 6 heteroatoms. The maximum Gasteiger partial charge on any atom is 0.224 e. The summed E-state index contributed by atoms with van der Waals surface area (Å²) in [4.78, 5) is 25.4. The van der Waals surface area contributed by atoms with Crippen molar-refractivity contribution in [3.63, 3.8) is 0 Å². The normalized spacial score (nSPS) is 16.1. The summed E-state index contributed by atoms with van der Waals surface area (Å²) in [6.45, 7) is 3.22. The SMILES string of the molecule is C[C@H](CN1CCCC1=O)NC(=O)Cc1cc(Cl)ccc1Cl. The Hall–Kier alpha value is -1.26. The van der Waals surface area contributed by atoms with Crippen LogP contribution in [0.2, 0.25) is 10.0 Å². The Morgan fingerprint density at radius 3 is 2.86 bits per heavy atom. The van der Waals surface area contributed by atoms with Gasteiger partial charge in [0.05, 0.1) is 6.42 Å². The third-order valence-electron chi connectivity index (χ3n) is 3.43. The van der Waals surface area contributed by atoms with Gasteiger partial charge >= 0.3 is 0 Å². The molecule has 0 spiro atoms. The van der Waals surface area contributed by atoms with E-state index in [1.54, 1.807) is 23.1 Å². The second-order valence-electron chi connectivity index (χ2n) is 5.32. The highest BCUT2D eigenvalue weighted by Gasteiger charge is 2.22. The molecular weight excluding hydrogens is 311 g/mol. The fraction of sp³-hybridized carbons (Fsp3) is 0.467. The smallest absolute Gasteiger partial charge is 0.224 e. The second kappa shape index (κ2) is 7.14. The van der Waals surface area contributed by atoms with Crippen LogP contribution in [0.5, 0.6) is 0 Å². The molecule has 0 bridgehead atoms. The molecule has 0 radical (unpaired) electrons. The van der Waals surface area contributed by atoms with Gasteiger partial charge in [-0.1, -0.05) is 23.2 Å². The van der Waals surface area contributed by atoms with Crippen LogP contribution < -0.4 is 5.32 Å². The third kappa shape index (κ3) is 4.61. The number of nitrogens with zero attached hydrogens (tertiary/aromatic N) is 1. The zero-order valence-corrected chi connectivity index (χ0v) is 13.4. The van der Waals surface area contributed by atoms with Crippen LogP contribution in [0, 0.1) is 0 Å². The van der Waals surface area contributed by atoms with Crippen molar-refractivity contribution in [1.82, 2.24) is 10.2 Å². The van der Waals surface area contributed by atoms with Crippen LogP contribution in [-0.4, -0.2) is 35.8 Å². The van der Waals surface area contributed by atoms with Gasteiger partial charge in [0.2, 0.25) is 11.8 Å². The van der Waals surface area contributed by atoms with Gasteiger partial charge in [-0.2, -0.15) is 0 Å². The van der Waals surface area contributed by atoms with E-state index in [-0.39, 0.29) is 24.3 Å². The number of hydrogen-bond acceptors (Lipinski definition) is 2. The van der Waals surface area contributed by atoms with Gasteiger partial charge in [0, 0.05) is 35.6 Å². The number of halogens is 2. The summed E-state index contributed by atoms with van der Waals surface area (Å²) in [6.07, 6.45) is 1.69. The zero-order valence-electron chi connectivity index (χ0n) is 11.9. The zero-order chi connectivity index (χ0) is 15.4. The third-order valence-corrected chi connectivity index (χ3v) is 4.04. The number of benzene rings is 1. The van der Waals surface area contributed by atoms with Gasteiger partial charge in [-0.15, -0.1) is 0 Å². The summed E-state index contributed by atoms with van der Waals surface area (Å²) >= 11 is 11.9. The first kappa shape index (κ1) is 16.1. The summed E-state index contributed by atoms with van der Waals surface area (Å²) in [5, 5.41) is 3.97. The highest BCUT2D eigenvalue weighted by molar-refractivity contribution is 6.33. The molecule has 114 valence electrons. The van der Waals surface area contributed by atoms with Crippen LogP contribution in [0.15, 0.2) is 18.2 Å². The molecule has 1 N–H and O–H groups in total. The lowest BCUT2D eigenvalue weighted by Crippen LogP contribution is -2.42. The summed E-state index contributed by atoms with van der Waals surface area (Å²) in [5.74, 6) is 0.0345. The van der Waals surface area contributed by atoms with E-state index in [4.69, 9.17) is 23.2 Å². The van der Waals surface area contributed by atoms with Crippen LogP contribution in [0.1, 0.15) is 25.3 Å². The predicted molar refractivity (Wildman–Crippen MR) is 83.6 cm³/mol. The summed E-state index contributed by atoms with van der Waals surface area (Å²) in [7, 11) is 0. The standard InChI is InChI=1S/C15H18Cl2N2O2/c1-10(9-19-6-2-3-15(19)21)18-14(20)8-11-7-12(16)4-5-13(11)17/h4-5,7,10H,2-3,6,8-9H2,1H3,(H,18,20)/t10-/m1/s1. The van der Waals surface area contributed by atoms with Crippen molar-refractivity contribution >= 4 is 35.0 Å². The number of amides is 2. The monoisotopic (exact) mass is 328 g/mol. The molecule has 4 nitrogen and oxygen atoms in total. The van der Waals surface area contributed by atoms with Crippen molar-refractivity contribution in [1.29, 1.82) is 0 Å². The quantitative estimate of drug-likeness (QED) is 0.903. The lowest BCUT2D eigenvalue weighted by Gasteiger charge is -2.21. The van der Waals surface area contributed by atoms with Crippen molar-refractivity contribution in [2.45, 2.75) is 32.2 Å². The number of hydrogen-bond donors (Lipinski definition) is 1. The summed E-state index contributed by atoms with van der Waals surface area (Å²) in [5.41, 5.74) is 0.700. The molecule has 1 aliphatic heterocycles. The molecule has 1 atom stereocenters. The van der Waals surface area contributed by atoms with E-state index in [0.717, 1.165) is 13.0 Å². The largest absolute Gasteiger partial charge is 0.352 e. The Morgan fingerprint density at radius 2 is 2.19 bits per heavy atom. The molecule has 0 aromatic heterocycles. The van der Waals surface area contributed by atoms with Crippen molar-refractivity contribution in [2.24, 2.45) is 0 Å². The van der Waals surface area contributed by atoms with Gasteiger partial charge in [0.15, 0.2) is 0 Å². The minimum atomic E-state index is -0.127. The molecule has 0 aliphatic carbocycles. The Labute approximate surface area is 134 Å². The van der Waals surface area contributed by atoms with E-state index in [9.17, 15) is 9.59 Å². The van der Waals surface area contributed by atoms with Crippen molar-refractivity contribution in [3.8, 4) is 0 Å². The molecule has 2 rings (SSSR count). The van der Waals surface area contributed by atoms with Crippen molar-refractivity contribution < 1.29 is 9.59 Å². The maximum atomic E-state index is 12.0. The van der Waals surface area contributed by atoms with Crippen molar-refractivity contribution in [3.05, 3.63) is 33.8 Å². The average Bonchev–Trinajstić information content (AvgIpc) is 2.79. The van der Waals surface area contributed by atoms with E-state index < -0.39 is 0 Å². The van der Waals surface area contributed by atoms with Gasteiger partial charge in [0.1, 0.15) is 0 Å². The van der Waals surface area contributed by atoms with Crippen LogP contribution in [0.25, 0.3) is 0 Å². The fourth-order valence-electron chi connectivity index (χ4n) is 2.45. The number of nitrogens with one attached hydrogen (secondary N) is 1. The molecule has 0 saturated carbocycles. The van der Waals surface area contributed by atoms with Gasteiger partial charge in [-0.25, -0.2) is 0 Å². The Morgan fingerprint density at radius 1 is 1.43 bits per heavy atom. The molecule has 2 amide bonds. The second-order valence-corrected chi connectivity index (χ2v) is 6.17. The van der Waals surface area contributed by atoms with Gasteiger partial charge in [0.25, 0.3) is 0 Å². The minimum Gasteiger partial charge on any atom is -0.352 e. The first-order valence-corrected chi connectivity index (χ1v) is 7.72. The average molecular weight is 329 g/mol.